The molecule has 0 saturated heterocycles. The quantitative estimate of drug-likeness (QED) is 0.776. The largest absolute Gasteiger partial charge is 0.385 e. The smallest absolute Gasteiger partial charge is 0.258 e. The molecule has 3 heterocycles. The van der Waals surface area contributed by atoms with Crippen LogP contribution in [0, 0.1) is 0 Å². The van der Waals surface area contributed by atoms with Crippen molar-refractivity contribution in [3.63, 3.8) is 0 Å². The molecule has 2 aromatic heterocycles. The van der Waals surface area contributed by atoms with Crippen molar-refractivity contribution in [2.75, 3.05) is 11.9 Å². The van der Waals surface area contributed by atoms with E-state index in [1.54, 1.807) is 11.3 Å². The lowest BCUT2D eigenvalue weighted by Gasteiger charge is -2.17. The zero-order valence-electron chi connectivity index (χ0n) is 10.8. The Morgan fingerprint density at radius 2 is 2.20 bits per heavy atom. The predicted molar refractivity (Wildman–Crippen MR) is 79.9 cm³/mol. The second-order valence-electron chi connectivity index (χ2n) is 4.84. The minimum atomic E-state index is 0.583. The van der Waals surface area contributed by atoms with Crippen molar-refractivity contribution in [3.05, 3.63) is 40.6 Å². The summed E-state index contributed by atoms with van der Waals surface area (Å²) in [4.78, 5) is 4.48. The maximum atomic E-state index is 5.39. The van der Waals surface area contributed by atoms with Crippen LogP contribution in [0.25, 0.3) is 22.8 Å². The Balaban J connectivity index is 1.71. The van der Waals surface area contributed by atoms with E-state index in [0.717, 1.165) is 24.1 Å². The van der Waals surface area contributed by atoms with E-state index in [1.807, 2.05) is 22.9 Å². The lowest BCUT2D eigenvalue weighted by molar-refractivity contribution is 0.432. The molecule has 4 rings (SSSR count). The van der Waals surface area contributed by atoms with E-state index in [9.17, 15) is 0 Å². The third-order valence-corrected chi connectivity index (χ3v) is 4.18. The summed E-state index contributed by atoms with van der Waals surface area (Å²) >= 11 is 1.63. The van der Waals surface area contributed by atoms with Gasteiger partial charge in [0.2, 0.25) is 5.82 Å². The molecule has 0 saturated carbocycles. The first-order valence-electron chi connectivity index (χ1n) is 6.63. The Kier molecular flexibility index (Phi) is 2.77. The monoisotopic (exact) mass is 283 g/mol. The number of anilines is 1. The van der Waals surface area contributed by atoms with Gasteiger partial charge < -0.3 is 9.84 Å². The minimum Gasteiger partial charge on any atom is -0.385 e. The molecular formula is C15H13N3OS. The standard InChI is InChI=1S/C15H13N3OS/c1-2-10-8-11(3-4-13(10)16-6-1)15-17-14(18-19-15)12-5-7-20-9-12/h3-5,7-9,16H,1-2,6H2. The predicted octanol–water partition coefficient (Wildman–Crippen LogP) is 3.82. The molecule has 1 aliphatic heterocycles. The molecule has 100 valence electrons. The molecule has 5 heteroatoms. The maximum absolute atomic E-state index is 5.39. The molecule has 1 N–H and O–H groups in total. The molecule has 1 aliphatic rings. The van der Waals surface area contributed by atoms with E-state index < -0.39 is 0 Å². The minimum absolute atomic E-state index is 0.583. The number of thiophene rings is 1. The Bertz CT molecular complexity index is 733. The number of aromatic nitrogens is 2. The van der Waals surface area contributed by atoms with Crippen molar-refractivity contribution in [3.8, 4) is 22.8 Å². The molecule has 0 fully saturated rings. The molecule has 0 atom stereocenters. The van der Waals surface area contributed by atoms with Crippen LogP contribution in [0.3, 0.4) is 0 Å². The fourth-order valence-electron chi connectivity index (χ4n) is 2.46. The summed E-state index contributed by atoms with van der Waals surface area (Å²) < 4.78 is 5.39. The summed E-state index contributed by atoms with van der Waals surface area (Å²) in [5, 5.41) is 11.5. The van der Waals surface area contributed by atoms with Gasteiger partial charge in [0.25, 0.3) is 5.89 Å². The van der Waals surface area contributed by atoms with Gasteiger partial charge in [-0.05, 0) is 48.1 Å². The highest BCUT2D eigenvalue weighted by molar-refractivity contribution is 7.08. The molecule has 4 nitrogen and oxygen atoms in total. The molecule has 0 amide bonds. The van der Waals surface area contributed by atoms with Crippen LogP contribution in [0.4, 0.5) is 5.69 Å². The molecule has 0 spiro atoms. The lowest BCUT2D eigenvalue weighted by atomic mass is 10.0. The number of nitrogens with one attached hydrogen (secondary N) is 1. The van der Waals surface area contributed by atoms with Crippen LogP contribution < -0.4 is 5.32 Å². The van der Waals surface area contributed by atoms with Gasteiger partial charge in [-0.1, -0.05) is 5.16 Å². The van der Waals surface area contributed by atoms with Crippen molar-refractivity contribution in [2.45, 2.75) is 12.8 Å². The SMILES string of the molecule is c1cc(-c2noc(-c3ccc4c(c3)CCCN4)n2)cs1. The van der Waals surface area contributed by atoms with Gasteiger partial charge in [0.05, 0.1) is 0 Å². The number of fused-ring (bicyclic) bond motifs is 1. The average Bonchev–Trinajstić information content (AvgIpc) is 3.17. The summed E-state index contributed by atoms with van der Waals surface area (Å²) in [6.45, 7) is 1.05. The Labute approximate surface area is 120 Å². The van der Waals surface area contributed by atoms with Crippen LogP contribution >= 0.6 is 11.3 Å². The van der Waals surface area contributed by atoms with Crippen molar-refractivity contribution in [2.24, 2.45) is 0 Å². The second-order valence-corrected chi connectivity index (χ2v) is 5.62. The fraction of sp³-hybridized carbons (Fsp3) is 0.200. The van der Waals surface area contributed by atoms with Crippen molar-refractivity contribution < 1.29 is 4.52 Å². The van der Waals surface area contributed by atoms with Gasteiger partial charge in [-0.25, -0.2) is 0 Å². The van der Waals surface area contributed by atoms with E-state index in [-0.39, 0.29) is 0 Å². The zero-order valence-corrected chi connectivity index (χ0v) is 11.6. The second kappa shape index (κ2) is 4.76. The number of hydrogen-bond acceptors (Lipinski definition) is 5. The van der Waals surface area contributed by atoms with E-state index in [2.05, 4.69) is 27.6 Å². The van der Waals surface area contributed by atoms with E-state index in [1.165, 1.54) is 17.7 Å². The van der Waals surface area contributed by atoms with Crippen LogP contribution in [0.2, 0.25) is 0 Å². The van der Waals surface area contributed by atoms with Gasteiger partial charge >= 0.3 is 0 Å². The topological polar surface area (TPSA) is 51.0 Å². The first kappa shape index (κ1) is 11.7. The Morgan fingerprint density at radius 3 is 3.10 bits per heavy atom. The third kappa shape index (κ3) is 2.00. The molecular weight excluding hydrogens is 270 g/mol. The van der Waals surface area contributed by atoms with Gasteiger partial charge in [0, 0.05) is 28.7 Å². The average molecular weight is 283 g/mol. The number of benzene rings is 1. The van der Waals surface area contributed by atoms with Crippen LogP contribution in [-0.4, -0.2) is 16.7 Å². The first-order valence-corrected chi connectivity index (χ1v) is 7.58. The van der Waals surface area contributed by atoms with Crippen LogP contribution in [0.15, 0.2) is 39.5 Å². The zero-order chi connectivity index (χ0) is 13.4. The normalized spacial score (nSPS) is 13.8. The highest BCUT2D eigenvalue weighted by Crippen LogP contribution is 2.29. The van der Waals surface area contributed by atoms with Gasteiger partial charge in [0.15, 0.2) is 0 Å². The molecule has 3 aromatic rings. The van der Waals surface area contributed by atoms with Crippen LogP contribution in [0.1, 0.15) is 12.0 Å². The lowest BCUT2D eigenvalue weighted by Crippen LogP contribution is -2.11. The third-order valence-electron chi connectivity index (χ3n) is 3.50. The van der Waals surface area contributed by atoms with Crippen molar-refractivity contribution in [1.82, 2.24) is 10.1 Å². The van der Waals surface area contributed by atoms with Gasteiger partial charge in [-0.2, -0.15) is 16.3 Å². The Hall–Kier alpha value is -2.14. The van der Waals surface area contributed by atoms with Gasteiger partial charge in [-0.3, -0.25) is 0 Å². The number of rotatable bonds is 2. The van der Waals surface area contributed by atoms with Gasteiger partial charge in [0.1, 0.15) is 0 Å². The van der Waals surface area contributed by atoms with Crippen LogP contribution in [-0.2, 0) is 6.42 Å². The Morgan fingerprint density at radius 1 is 1.20 bits per heavy atom. The van der Waals surface area contributed by atoms with Crippen molar-refractivity contribution >= 4 is 17.0 Å². The maximum Gasteiger partial charge on any atom is 0.258 e. The summed E-state index contributed by atoms with van der Waals surface area (Å²) in [5.74, 6) is 1.23. The number of hydrogen-bond donors (Lipinski definition) is 1. The summed E-state index contributed by atoms with van der Waals surface area (Å²) in [5.41, 5.74) is 4.53. The molecule has 0 unspecified atom stereocenters. The highest BCUT2D eigenvalue weighted by atomic mass is 32.1. The van der Waals surface area contributed by atoms with Crippen molar-refractivity contribution in [1.29, 1.82) is 0 Å². The van der Waals surface area contributed by atoms with E-state index in [4.69, 9.17) is 4.52 Å². The molecule has 20 heavy (non-hydrogen) atoms. The molecule has 0 radical (unpaired) electrons. The fourth-order valence-corrected chi connectivity index (χ4v) is 3.09. The summed E-state index contributed by atoms with van der Waals surface area (Å²) in [6, 6.07) is 8.27. The van der Waals surface area contributed by atoms with Crippen LogP contribution in [0.5, 0.6) is 0 Å². The number of aryl methyl sites for hydroxylation is 1. The summed E-state index contributed by atoms with van der Waals surface area (Å²) in [6.07, 6.45) is 2.27. The van der Waals surface area contributed by atoms with Gasteiger partial charge in [-0.15, -0.1) is 0 Å². The molecule has 0 bridgehead atoms. The molecule has 0 aliphatic carbocycles. The number of nitrogens with zero attached hydrogens (tertiary/aromatic N) is 2. The van der Waals surface area contributed by atoms with E-state index in [0.29, 0.717) is 11.7 Å². The first-order chi connectivity index (χ1) is 9.90. The molecule has 1 aromatic carbocycles. The highest BCUT2D eigenvalue weighted by Gasteiger charge is 2.14. The van der Waals surface area contributed by atoms with E-state index >= 15 is 0 Å². The summed E-state index contributed by atoms with van der Waals surface area (Å²) in [7, 11) is 0.